The summed E-state index contributed by atoms with van der Waals surface area (Å²) in [6.07, 6.45) is 2.43. The van der Waals surface area contributed by atoms with Gasteiger partial charge in [0.15, 0.2) is 0 Å². The average Bonchev–Trinajstić information content (AvgIpc) is 2.99. The molecule has 0 spiro atoms. The predicted octanol–water partition coefficient (Wildman–Crippen LogP) is 3.34. The van der Waals surface area contributed by atoms with Crippen molar-refractivity contribution >= 4 is 11.6 Å². The Morgan fingerprint density at radius 2 is 2.16 bits per heavy atom. The second kappa shape index (κ2) is 5.88. The van der Waals surface area contributed by atoms with Crippen LogP contribution >= 0.6 is 0 Å². The molecule has 0 fully saturated rings. The van der Waals surface area contributed by atoms with Crippen molar-refractivity contribution in [1.29, 1.82) is 0 Å². The summed E-state index contributed by atoms with van der Waals surface area (Å²) in [5.41, 5.74) is 3.68. The minimum atomic E-state index is -0.342. The van der Waals surface area contributed by atoms with Crippen LogP contribution < -0.4 is 10.1 Å². The number of halogens is 1. The Balaban J connectivity index is 1.67. The number of aryl methyl sites for hydroxylation is 2. The van der Waals surface area contributed by atoms with Gasteiger partial charge in [0.25, 0.3) is 5.91 Å². The molecule has 1 aliphatic rings. The molecule has 1 aromatic carbocycles. The fraction of sp³-hybridized carbons (Fsp3) is 0.263. The van der Waals surface area contributed by atoms with E-state index in [1.165, 1.54) is 12.1 Å². The maximum atomic E-state index is 13.6. The van der Waals surface area contributed by atoms with Gasteiger partial charge in [-0.25, -0.2) is 9.37 Å². The number of benzene rings is 1. The lowest BCUT2D eigenvalue weighted by Gasteiger charge is -2.26. The second-order valence-electron chi connectivity index (χ2n) is 6.31. The van der Waals surface area contributed by atoms with Gasteiger partial charge in [-0.2, -0.15) is 0 Å². The van der Waals surface area contributed by atoms with Crippen molar-refractivity contribution in [3.63, 3.8) is 0 Å². The van der Waals surface area contributed by atoms with Crippen molar-refractivity contribution in [2.24, 2.45) is 0 Å². The van der Waals surface area contributed by atoms with E-state index in [2.05, 4.69) is 10.3 Å². The smallest absolute Gasteiger partial charge is 0.255 e. The van der Waals surface area contributed by atoms with E-state index in [4.69, 9.17) is 4.74 Å². The van der Waals surface area contributed by atoms with Gasteiger partial charge in [-0.3, -0.25) is 4.79 Å². The van der Waals surface area contributed by atoms with Crippen LogP contribution in [0.15, 0.2) is 36.5 Å². The standard InChI is InChI=1S/C19H18FN3O2/c1-11-9-12(2)23-7-5-14(18(23)21-11)19(24)22-16-6-8-25-17-4-3-13(20)10-15(16)17/h3-5,7,9-10,16H,6,8H2,1-2H3,(H,22,24). The topological polar surface area (TPSA) is 55.6 Å². The highest BCUT2D eigenvalue weighted by Gasteiger charge is 2.25. The van der Waals surface area contributed by atoms with E-state index in [1.807, 2.05) is 30.5 Å². The van der Waals surface area contributed by atoms with Crippen molar-refractivity contribution in [3.05, 3.63) is 64.9 Å². The minimum Gasteiger partial charge on any atom is -0.493 e. The summed E-state index contributed by atoms with van der Waals surface area (Å²) in [6, 6.07) is 7.82. The van der Waals surface area contributed by atoms with Gasteiger partial charge in [-0.15, -0.1) is 0 Å². The molecule has 0 bridgehead atoms. The zero-order chi connectivity index (χ0) is 17.6. The van der Waals surface area contributed by atoms with Crippen molar-refractivity contribution in [2.75, 3.05) is 6.61 Å². The maximum absolute atomic E-state index is 13.6. The molecule has 1 amide bonds. The Labute approximate surface area is 144 Å². The largest absolute Gasteiger partial charge is 0.493 e. The van der Waals surface area contributed by atoms with Crippen molar-refractivity contribution in [1.82, 2.24) is 14.7 Å². The number of nitrogens with zero attached hydrogens (tertiary/aromatic N) is 2. The third kappa shape index (κ3) is 2.73. The molecule has 6 heteroatoms. The molecule has 5 nitrogen and oxygen atoms in total. The first-order chi connectivity index (χ1) is 12.0. The molecule has 0 saturated heterocycles. The molecular weight excluding hydrogens is 321 g/mol. The molecule has 1 N–H and O–H groups in total. The highest BCUT2D eigenvalue weighted by Crippen LogP contribution is 2.32. The van der Waals surface area contributed by atoms with E-state index in [-0.39, 0.29) is 17.8 Å². The van der Waals surface area contributed by atoms with Crippen molar-refractivity contribution in [2.45, 2.75) is 26.3 Å². The first-order valence-electron chi connectivity index (χ1n) is 8.21. The van der Waals surface area contributed by atoms with Crippen LogP contribution in [0, 0.1) is 19.7 Å². The van der Waals surface area contributed by atoms with E-state index in [0.717, 1.165) is 11.4 Å². The Kier molecular flexibility index (Phi) is 3.67. The lowest BCUT2D eigenvalue weighted by atomic mass is 10.00. The number of aromatic nitrogens is 2. The number of fused-ring (bicyclic) bond motifs is 2. The van der Waals surface area contributed by atoms with Gasteiger partial charge in [-0.1, -0.05) is 0 Å². The van der Waals surface area contributed by atoms with E-state index in [1.54, 1.807) is 12.1 Å². The average molecular weight is 339 g/mol. The quantitative estimate of drug-likeness (QED) is 0.779. The van der Waals surface area contributed by atoms with Crippen LogP contribution in [-0.4, -0.2) is 21.9 Å². The number of amides is 1. The number of hydrogen-bond donors (Lipinski definition) is 1. The molecular formula is C19H18FN3O2. The Hall–Kier alpha value is -2.89. The third-order valence-electron chi connectivity index (χ3n) is 4.50. The number of ether oxygens (including phenoxy) is 1. The predicted molar refractivity (Wildman–Crippen MR) is 91.4 cm³/mol. The van der Waals surface area contributed by atoms with Gasteiger partial charge in [0.1, 0.15) is 17.2 Å². The number of carbonyl (C=O) groups excluding carboxylic acids is 1. The van der Waals surface area contributed by atoms with Crippen LogP contribution in [-0.2, 0) is 0 Å². The van der Waals surface area contributed by atoms with Gasteiger partial charge >= 0.3 is 0 Å². The molecule has 0 aliphatic carbocycles. The van der Waals surface area contributed by atoms with Gasteiger partial charge in [0, 0.05) is 29.6 Å². The molecule has 2 aromatic heterocycles. The zero-order valence-electron chi connectivity index (χ0n) is 14.0. The number of nitrogens with one attached hydrogen (secondary N) is 1. The summed E-state index contributed by atoms with van der Waals surface area (Å²) in [7, 11) is 0. The van der Waals surface area contributed by atoms with E-state index < -0.39 is 0 Å². The molecule has 0 saturated carbocycles. The number of carbonyl (C=O) groups is 1. The SMILES string of the molecule is Cc1cc(C)n2ccc(C(=O)NC3CCOc4ccc(F)cc43)c2n1. The summed E-state index contributed by atoms with van der Waals surface area (Å²) >= 11 is 0. The van der Waals surface area contributed by atoms with Gasteiger partial charge in [0.2, 0.25) is 0 Å². The van der Waals surface area contributed by atoms with Crippen LogP contribution in [0.5, 0.6) is 5.75 Å². The van der Waals surface area contributed by atoms with Crippen LogP contribution in [0.2, 0.25) is 0 Å². The van der Waals surface area contributed by atoms with Crippen molar-refractivity contribution < 1.29 is 13.9 Å². The first kappa shape index (κ1) is 15.6. The summed E-state index contributed by atoms with van der Waals surface area (Å²) in [6.45, 7) is 4.36. The highest BCUT2D eigenvalue weighted by molar-refractivity contribution is 6.00. The van der Waals surface area contributed by atoms with E-state index in [9.17, 15) is 9.18 Å². The van der Waals surface area contributed by atoms with Crippen LogP contribution in [0.4, 0.5) is 4.39 Å². The molecule has 25 heavy (non-hydrogen) atoms. The van der Waals surface area contributed by atoms with Crippen molar-refractivity contribution in [3.8, 4) is 5.75 Å². The Bertz CT molecular complexity index is 980. The van der Waals surface area contributed by atoms with Crippen LogP contribution in [0.25, 0.3) is 5.65 Å². The van der Waals surface area contributed by atoms with E-state index >= 15 is 0 Å². The molecule has 3 heterocycles. The van der Waals surface area contributed by atoms with E-state index in [0.29, 0.717) is 35.6 Å². The highest BCUT2D eigenvalue weighted by atomic mass is 19.1. The molecule has 1 aliphatic heterocycles. The molecule has 1 atom stereocenters. The molecule has 3 aromatic rings. The normalized spacial score (nSPS) is 16.4. The number of hydrogen-bond acceptors (Lipinski definition) is 3. The van der Waals surface area contributed by atoms with Crippen LogP contribution in [0.3, 0.4) is 0 Å². The fourth-order valence-corrected chi connectivity index (χ4v) is 3.32. The fourth-order valence-electron chi connectivity index (χ4n) is 3.32. The lowest BCUT2D eigenvalue weighted by Crippen LogP contribution is -2.32. The first-order valence-corrected chi connectivity index (χ1v) is 8.21. The van der Waals surface area contributed by atoms with Gasteiger partial charge in [-0.05, 0) is 44.2 Å². The molecule has 1 unspecified atom stereocenters. The summed E-state index contributed by atoms with van der Waals surface area (Å²) in [5.74, 6) is 0.0531. The van der Waals surface area contributed by atoms with Gasteiger partial charge in [0.05, 0.1) is 18.2 Å². The molecule has 128 valence electrons. The van der Waals surface area contributed by atoms with Gasteiger partial charge < -0.3 is 14.5 Å². The summed E-state index contributed by atoms with van der Waals surface area (Å²) in [4.78, 5) is 17.3. The third-order valence-corrected chi connectivity index (χ3v) is 4.50. The Morgan fingerprint density at radius 1 is 1.32 bits per heavy atom. The van der Waals surface area contributed by atoms with Crippen LogP contribution in [0.1, 0.15) is 39.8 Å². The lowest BCUT2D eigenvalue weighted by molar-refractivity contribution is 0.0926. The maximum Gasteiger partial charge on any atom is 0.255 e. The zero-order valence-corrected chi connectivity index (χ0v) is 14.0. The molecule has 4 rings (SSSR count). The summed E-state index contributed by atoms with van der Waals surface area (Å²) < 4.78 is 21.0. The number of rotatable bonds is 2. The minimum absolute atomic E-state index is 0.220. The Morgan fingerprint density at radius 3 is 3.00 bits per heavy atom. The monoisotopic (exact) mass is 339 g/mol. The summed E-state index contributed by atoms with van der Waals surface area (Å²) in [5, 5.41) is 3.00. The molecule has 0 radical (unpaired) electrons. The second-order valence-corrected chi connectivity index (χ2v) is 6.31.